The fraction of sp³-hybridized carbons (Fsp3) is 0.583. The number of nitrogens with zero attached hydrogens (tertiary/aromatic N) is 4. The second kappa shape index (κ2) is 3.50. The van der Waals surface area contributed by atoms with Gasteiger partial charge in [0.1, 0.15) is 0 Å². The Balaban J connectivity index is 2.20. The van der Waals surface area contributed by atoms with Gasteiger partial charge in [0, 0.05) is 11.5 Å². The van der Waals surface area contributed by atoms with E-state index in [0.29, 0.717) is 0 Å². The van der Waals surface area contributed by atoms with E-state index in [9.17, 15) is 0 Å². The fourth-order valence-electron chi connectivity index (χ4n) is 2.71. The highest BCUT2D eigenvalue weighted by molar-refractivity contribution is 5.38. The molecule has 2 aromatic rings. The Labute approximate surface area is 100 Å². The van der Waals surface area contributed by atoms with Gasteiger partial charge in [-0.25, -0.2) is 0 Å². The summed E-state index contributed by atoms with van der Waals surface area (Å²) in [6.45, 7) is 4.14. The van der Waals surface area contributed by atoms with Crippen LogP contribution < -0.4 is 5.73 Å². The topological polar surface area (TPSA) is 69.1 Å². The lowest BCUT2D eigenvalue weighted by molar-refractivity contribution is 0.395. The second-order valence-corrected chi connectivity index (χ2v) is 5.18. The first-order chi connectivity index (χ1) is 8.11. The van der Waals surface area contributed by atoms with E-state index in [2.05, 4.69) is 22.2 Å². The van der Waals surface area contributed by atoms with Gasteiger partial charge in [0.25, 0.3) is 0 Å². The third-order valence-corrected chi connectivity index (χ3v) is 3.94. The Morgan fingerprint density at radius 1 is 1.41 bits per heavy atom. The first-order valence-corrected chi connectivity index (χ1v) is 6.06. The van der Waals surface area contributed by atoms with Gasteiger partial charge in [-0.15, -0.1) is 10.2 Å². The first kappa shape index (κ1) is 10.7. The van der Waals surface area contributed by atoms with Crippen molar-refractivity contribution in [1.29, 1.82) is 0 Å². The third-order valence-electron chi connectivity index (χ3n) is 3.94. The summed E-state index contributed by atoms with van der Waals surface area (Å²) in [5.74, 6) is 0.904. The number of aryl methyl sites for hydroxylation is 1. The number of rotatable bonds is 1. The van der Waals surface area contributed by atoms with Crippen molar-refractivity contribution >= 4 is 5.65 Å². The lowest BCUT2D eigenvalue weighted by atomic mass is 9.84. The Hall–Kier alpha value is -1.49. The van der Waals surface area contributed by atoms with Crippen molar-refractivity contribution in [3.8, 4) is 0 Å². The quantitative estimate of drug-likeness (QED) is 0.800. The molecule has 0 amide bonds. The van der Waals surface area contributed by atoms with Crippen LogP contribution in [0.2, 0.25) is 0 Å². The smallest absolute Gasteiger partial charge is 0.177 e. The van der Waals surface area contributed by atoms with Gasteiger partial charge in [-0.3, -0.25) is 0 Å². The molecule has 2 heterocycles. The van der Waals surface area contributed by atoms with Crippen LogP contribution in [0.25, 0.3) is 5.65 Å². The number of hydrogen-bond donors (Lipinski definition) is 1. The molecule has 0 bridgehead atoms. The zero-order chi connectivity index (χ0) is 12.0. The molecule has 2 aromatic heterocycles. The number of nitrogens with two attached hydrogens (primary N) is 1. The van der Waals surface area contributed by atoms with Gasteiger partial charge >= 0.3 is 0 Å². The highest BCUT2D eigenvalue weighted by Crippen LogP contribution is 2.38. The van der Waals surface area contributed by atoms with Crippen LogP contribution in [-0.2, 0) is 5.41 Å². The van der Waals surface area contributed by atoms with E-state index in [4.69, 9.17) is 5.73 Å². The number of hydrogen-bond acceptors (Lipinski definition) is 4. The third kappa shape index (κ3) is 1.45. The minimum absolute atomic E-state index is 0.0970. The first-order valence-electron chi connectivity index (χ1n) is 6.06. The maximum Gasteiger partial charge on any atom is 0.177 e. The summed E-state index contributed by atoms with van der Waals surface area (Å²) >= 11 is 0. The number of aromatic nitrogens is 4. The molecule has 5 heteroatoms. The molecule has 17 heavy (non-hydrogen) atoms. The molecule has 0 aromatic carbocycles. The molecule has 0 radical (unpaired) electrons. The summed E-state index contributed by atoms with van der Waals surface area (Å²) in [5, 5.41) is 13.0. The highest BCUT2D eigenvalue weighted by atomic mass is 15.4. The van der Waals surface area contributed by atoms with Crippen molar-refractivity contribution in [2.75, 3.05) is 0 Å². The van der Waals surface area contributed by atoms with Crippen LogP contribution in [0.3, 0.4) is 0 Å². The van der Waals surface area contributed by atoms with E-state index >= 15 is 0 Å². The maximum absolute atomic E-state index is 6.22. The van der Waals surface area contributed by atoms with Gasteiger partial charge < -0.3 is 5.73 Å². The normalized spacial score (nSPS) is 29.0. The molecule has 5 nitrogen and oxygen atoms in total. The zero-order valence-corrected chi connectivity index (χ0v) is 10.2. The van der Waals surface area contributed by atoms with Crippen LogP contribution in [0.4, 0.5) is 0 Å². The minimum atomic E-state index is -0.0970. The molecule has 2 N–H and O–H groups in total. The molecule has 1 saturated carbocycles. The lowest BCUT2D eigenvalue weighted by Gasteiger charge is -2.26. The summed E-state index contributed by atoms with van der Waals surface area (Å²) in [5.41, 5.74) is 7.89. The molecule has 3 rings (SSSR count). The predicted molar refractivity (Wildman–Crippen MR) is 64.7 cm³/mol. The van der Waals surface area contributed by atoms with Crippen molar-refractivity contribution in [2.24, 2.45) is 5.73 Å². The van der Waals surface area contributed by atoms with Crippen molar-refractivity contribution in [3.63, 3.8) is 0 Å². The van der Waals surface area contributed by atoms with Gasteiger partial charge in [0.15, 0.2) is 11.5 Å². The van der Waals surface area contributed by atoms with Crippen molar-refractivity contribution in [1.82, 2.24) is 19.8 Å². The van der Waals surface area contributed by atoms with E-state index < -0.39 is 0 Å². The number of fused-ring (bicyclic) bond motifs is 1. The van der Waals surface area contributed by atoms with Crippen LogP contribution in [0.5, 0.6) is 0 Å². The van der Waals surface area contributed by atoms with Crippen LogP contribution in [0.15, 0.2) is 12.1 Å². The average Bonchev–Trinajstić information content (AvgIpc) is 2.84. The fourth-order valence-corrected chi connectivity index (χ4v) is 2.71. The Morgan fingerprint density at radius 2 is 2.24 bits per heavy atom. The van der Waals surface area contributed by atoms with Gasteiger partial charge in [0.05, 0.1) is 5.69 Å². The van der Waals surface area contributed by atoms with Crippen LogP contribution in [0.1, 0.15) is 37.7 Å². The van der Waals surface area contributed by atoms with Crippen molar-refractivity contribution in [3.05, 3.63) is 23.7 Å². The average molecular weight is 231 g/mol. The summed E-state index contributed by atoms with van der Waals surface area (Å²) in [4.78, 5) is 0. The SMILES string of the molecule is Cc1ccc2nnc(C3(C)CCCC3N)n2n1. The molecule has 0 spiro atoms. The second-order valence-electron chi connectivity index (χ2n) is 5.18. The van der Waals surface area contributed by atoms with Crippen LogP contribution in [-0.4, -0.2) is 25.9 Å². The summed E-state index contributed by atoms with van der Waals surface area (Å²) in [7, 11) is 0. The van der Waals surface area contributed by atoms with Crippen molar-refractivity contribution in [2.45, 2.75) is 44.6 Å². The molecule has 0 saturated heterocycles. The van der Waals surface area contributed by atoms with Crippen LogP contribution >= 0.6 is 0 Å². The molecule has 2 atom stereocenters. The van der Waals surface area contributed by atoms with Gasteiger partial charge in [0.2, 0.25) is 0 Å². The predicted octanol–water partition coefficient (Wildman–Crippen LogP) is 1.20. The highest BCUT2D eigenvalue weighted by Gasteiger charge is 2.42. The largest absolute Gasteiger partial charge is 0.327 e. The summed E-state index contributed by atoms with van der Waals surface area (Å²) in [6.07, 6.45) is 3.26. The molecule has 1 aliphatic carbocycles. The van der Waals surface area contributed by atoms with E-state index in [1.165, 1.54) is 0 Å². The molecule has 0 aliphatic heterocycles. The molecule has 90 valence electrons. The molecular weight excluding hydrogens is 214 g/mol. The van der Waals surface area contributed by atoms with Gasteiger partial charge in [-0.05, 0) is 31.9 Å². The Kier molecular flexibility index (Phi) is 2.19. The van der Waals surface area contributed by atoms with E-state index in [-0.39, 0.29) is 11.5 Å². The van der Waals surface area contributed by atoms with Gasteiger partial charge in [-0.1, -0.05) is 13.3 Å². The van der Waals surface area contributed by atoms with E-state index in [1.54, 1.807) is 0 Å². The minimum Gasteiger partial charge on any atom is -0.327 e. The Morgan fingerprint density at radius 3 is 2.94 bits per heavy atom. The maximum atomic E-state index is 6.22. The van der Waals surface area contributed by atoms with Crippen molar-refractivity contribution < 1.29 is 0 Å². The summed E-state index contributed by atoms with van der Waals surface area (Å²) in [6, 6.07) is 4.05. The van der Waals surface area contributed by atoms with Crippen LogP contribution in [0, 0.1) is 6.92 Å². The standard InChI is InChI=1S/C12H17N5/c1-8-5-6-10-14-15-11(17(10)16-8)12(2)7-3-4-9(12)13/h5-6,9H,3-4,7,13H2,1-2H3. The Bertz CT molecular complexity index is 561. The van der Waals surface area contributed by atoms with Gasteiger partial charge in [-0.2, -0.15) is 9.61 Å². The summed E-state index contributed by atoms with van der Waals surface area (Å²) < 4.78 is 1.85. The monoisotopic (exact) mass is 231 g/mol. The van der Waals surface area contributed by atoms with E-state index in [0.717, 1.165) is 36.4 Å². The van der Waals surface area contributed by atoms with E-state index in [1.807, 2.05) is 23.6 Å². The molecule has 1 fully saturated rings. The molecular formula is C12H17N5. The molecule has 1 aliphatic rings. The lowest BCUT2D eigenvalue weighted by Crippen LogP contribution is -2.40. The zero-order valence-electron chi connectivity index (χ0n) is 10.2. The molecule has 2 unspecified atom stereocenters.